The van der Waals surface area contributed by atoms with Gasteiger partial charge in [0.05, 0.1) is 0 Å². The summed E-state index contributed by atoms with van der Waals surface area (Å²) >= 11 is 0. The summed E-state index contributed by atoms with van der Waals surface area (Å²) in [4.78, 5) is 11.5. The summed E-state index contributed by atoms with van der Waals surface area (Å²) in [6, 6.07) is 0. The Kier molecular flexibility index (Phi) is 2.24. The minimum atomic E-state index is -0.327. The number of hydrogen-bond acceptors (Lipinski definition) is 2. The van der Waals surface area contributed by atoms with E-state index in [2.05, 4.69) is 20.4 Å². The first-order valence-electron chi connectivity index (χ1n) is 6.82. The Morgan fingerprint density at radius 1 is 1.29 bits per heavy atom. The van der Waals surface area contributed by atoms with Crippen LogP contribution in [0.5, 0.6) is 0 Å². The fraction of sp³-hybridized carbons (Fsp3) is 0.800. The van der Waals surface area contributed by atoms with Gasteiger partial charge in [0, 0.05) is 11.5 Å². The topological polar surface area (TPSA) is 26.3 Å². The Labute approximate surface area is 103 Å². The van der Waals surface area contributed by atoms with Crippen molar-refractivity contribution in [3.8, 4) is 0 Å². The van der Waals surface area contributed by atoms with E-state index in [4.69, 9.17) is 4.74 Å². The van der Waals surface area contributed by atoms with Crippen molar-refractivity contribution >= 4 is 5.97 Å². The minimum absolute atomic E-state index is 0.263. The molecule has 0 aromatic heterocycles. The van der Waals surface area contributed by atoms with Crippen LogP contribution in [0.15, 0.2) is 12.7 Å². The zero-order valence-corrected chi connectivity index (χ0v) is 10.9. The molecule has 0 radical (unpaired) electrons. The van der Waals surface area contributed by atoms with Crippen molar-refractivity contribution in [1.82, 2.24) is 0 Å². The van der Waals surface area contributed by atoms with E-state index in [9.17, 15) is 4.79 Å². The lowest BCUT2D eigenvalue weighted by Crippen LogP contribution is -2.47. The van der Waals surface area contributed by atoms with Gasteiger partial charge in [-0.2, -0.15) is 0 Å². The highest BCUT2D eigenvalue weighted by atomic mass is 16.6. The molecule has 0 aromatic carbocycles. The van der Waals surface area contributed by atoms with Crippen molar-refractivity contribution in [3.63, 3.8) is 0 Å². The summed E-state index contributed by atoms with van der Waals surface area (Å²) in [5, 5.41) is 0. The SMILES string of the molecule is C=CC(=O)OC(C)(C)C12CC3CC(CC1C3)C2. The van der Waals surface area contributed by atoms with E-state index in [1.54, 1.807) is 0 Å². The monoisotopic (exact) mass is 234 g/mol. The van der Waals surface area contributed by atoms with E-state index in [0.29, 0.717) is 0 Å². The van der Waals surface area contributed by atoms with Crippen LogP contribution in [0.4, 0.5) is 0 Å². The fourth-order valence-corrected chi connectivity index (χ4v) is 5.17. The van der Waals surface area contributed by atoms with Crippen LogP contribution in [0, 0.1) is 23.2 Å². The summed E-state index contributed by atoms with van der Waals surface area (Å²) in [7, 11) is 0. The molecular formula is C15H22O2. The van der Waals surface area contributed by atoms with E-state index in [-0.39, 0.29) is 17.0 Å². The first kappa shape index (κ1) is 11.3. The third-order valence-corrected chi connectivity index (χ3v) is 5.71. The molecular weight excluding hydrogens is 212 g/mol. The van der Waals surface area contributed by atoms with Crippen molar-refractivity contribution in [2.24, 2.45) is 23.2 Å². The van der Waals surface area contributed by atoms with Gasteiger partial charge in [-0.3, -0.25) is 0 Å². The summed E-state index contributed by atoms with van der Waals surface area (Å²) in [5.74, 6) is 2.32. The Morgan fingerprint density at radius 2 is 1.88 bits per heavy atom. The maximum atomic E-state index is 11.5. The number of carbonyl (C=O) groups is 1. The molecule has 2 unspecified atom stereocenters. The molecule has 4 aliphatic carbocycles. The van der Waals surface area contributed by atoms with Gasteiger partial charge in [0.25, 0.3) is 0 Å². The van der Waals surface area contributed by atoms with Gasteiger partial charge in [0.15, 0.2) is 0 Å². The maximum Gasteiger partial charge on any atom is 0.330 e. The quantitative estimate of drug-likeness (QED) is 0.553. The van der Waals surface area contributed by atoms with Gasteiger partial charge in [-0.25, -0.2) is 4.79 Å². The second kappa shape index (κ2) is 3.37. The van der Waals surface area contributed by atoms with Crippen molar-refractivity contribution in [2.75, 3.05) is 0 Å². The van der Waals surface area contributed by atoms with Crippen LogP contribution >= 0.6 is 0 Å². The third-order valence-electron chi connectivity index (χ3n) is 5.71. The molecule has 4 aliphatic rings. The van der Waals surface area contributed by atoms with Crippen molar-refractivity contribution in [1.29, 1.82) is 0 Å². The Hall–Kier alpha value is -0.790. The van der Waals surface area contributed by atoms with Crippen LogP contribution < -0.4 is 0 Å². The van der Waals surface area contributed by atoms with Crippen molar-refractivity contribution in [3.05, 3.63) is 12.7 Å². The molecule has 0 amide bonds. The number of rotatable bonds is 3. The van der Waals surface area contributed by atoms with Gasteiger partial charge in [-0.05, 0) is 63.7 Å². The molecule has 4 rings (SSSR count). The first-order valence-corrected chi connectivity index (χ1v) is 6.82. The molecule has 0 N–H and O–H groups in total. The molecule has 0 heterocycles. The molecule has 0 saturated heterocycles. The smallest absolute Gasteiger partial charge is 0.330 e. The Balaban J connectivity index is 1.88. The van der Waals surface area contributed by atoms with Gasteiger partial charge in [0.2, 0.25) is 0 Å². The number of hydrogen-bond donors (Lipinski definition) is 0. The molecule has 4 bridgehead atoms. The van der Waals surface area contributed by atoms with Crippen LogP contribution in [-0.4, -0.2) is 11.6 Å². The highest BCUT2D eigenvalue weighted by Crippen LogP contribution is 2.69. The molecule has 4 fully saturated rings. The predicted octanol–water partition coefficient (Wildman–Crippen LogP) is 3.32. The van der Waals surface area contributed by atoms with E-state index >= 15 is 0 Å². The van der Waals surface area contributed by atoms with E-state index in [1.807, 2.05) is 0 Å². The zero-order chi connectivity index (χ0) is 12.3. The average Bonchev–Trinajstić information content (AvgIpc) is 2.65. The Bertz CT molecular complexity index is 355. The molecule has 2 nitrogen and oxygen atoms in total. The normalized spacial score (nSPS) is 42.8. The molecule has 2 heteroatoms. The molecule has 0 aliphatic heterocycles. The average molecular weight is 234 g/mol. The molecule has 0 spiro atoms. The fourth-order valence-electron chi connectivity index (χ4n) is 5.17. The molecule has 2 atom stereocenters. The molecule has 0 aromatic rings. The molecule has 17 heavy (non-hydrogen) atoms. The van der Waals surface area contributed by atoms with Crippen molar-refractivity contribution in [2.45, 2.75) is 51.6 Å². The number of ether oxygens (including phenoxy) is 1. The van der Waals surface area contributed by atoms with Gasteiger partial charge in [0.1, 0.15) is 5.60 Å². The van der Waals surface area contributed by atoms with Crippen LogP contribution in [0.3, 0.4) is 0 Å². The summed E-state index contributed by atoms with van der Waals surface area (Å²) < 4.78 is 5.69. The van der Waals surface area contributed by atoms with E-state index < -0.39 is 0 Å². The van der Waals surface area contributed by atoms with Gasteiger partial charge < -0.3 is 4.74 Å². The minimum Gasteiger partial charge on any atom is -0.456 e. The lowest BCUT2D eigenvalue weighted by Gasteiger charge is -2.45. The van der Waals surface area contributed by atoms with Crippen molar-refractivity contribution < 1.29 is 9.53 Å². The second-order valence-corrected chi connectivity index (χ2v) is 6.84. The van der Waals surface area contributed by atoms with Crippen LogP contribution in [0.1, 0.15) is 46.0 Å². The van der Waals surface area contributed by atoms with E-state index in [0.717, 1.165) is 17.8 Å². The largest absolute Gasteiger partial charge is 0.456 e. The number of esters is 1. The second-order valence-electron chi connectivity index (χ2n) is 6.84. The summed E-state index contributed by atoms with van der Waals surface area (Å²) in [6.07, 6.45) is 7.98. The number of carbonyl (C=O) groups excluding carboxylic acids is 1. The first-order chi connectivity index (χ1) is 7.97. The zero-order valence-electron chi connectivity index (χ0n) is 10.9. The van der Waals surface area contributed by atoms with Gasteiger partial charge in [-0.1, -0.05) is 6.58 Å². The van der Waals surface area contributed by atoms with Crippen LogP contribution in [0.25, 0.3) is 0 Å². The standard InChI is InChI=1S/C15H22O2/c1-4-13(16)17-14(2,3)15-8-10-5-11(9-15)7-12(15)6-10/h4,10-12H,1,5-9H2,2-3H3. The predicted molar refractivity (Wildman–Crippen MR) is 66.4 cm³/mol. The summed E-state index contributed by atoms with van der Waals surface area (Å²) in [6.45, 7) is 7.72. The Morgan fingerprint density at radius 3 is 2.41 bits per heavy atom. The third kappa shape index (κ3) is 1.42. The molecule has 4 saturated carbocycles. The lowest BCUT2D eigenvalue weighted by atomic mass is 9.66. The highest BCUT2D eigenvalue weighted by Gasteiger charge is 2.64. The highest BCUT2D eigenvalue weighted by molar-refractivity contribution is 5.81. The lowest BCUT2D eigenvalue weighted by molar-refractivity contribution is -0.168. The van der Waals surface area contributed by atoms with Crippen LogP contribution in [0.2, 0.25) is 0 Å². The maximum absolute atomic E-state index is 11.5. The van der Waals surface area contributed by atoms with E-state index in [1.165, 1.54) is 38.2 Å². The van der Waals surface area contributed by atoms with Gasteiger partial charge >= 0.3 is 5.97 Å². The summed E-state index contributed by atoms with van der Waals surface area (Å²) in [5.41, 5.74) is -0.0634. The van der Waals surface area contributed by atoms with Gasteiger partial charge in [-0.15, -0.1) is 0 Å². The molecule has 94 valence electrons. The van der Waals surface area contributed by atoms with Crippen LogP contribution in [-0.2, 0) is 9.53 Å².